The monoisotopic (exact) mass is 1140 g/mol. The zero-order chi connectivity index (χ0) is 58.5. The fourth-order valence-corrected chi connectivity index (χ4v) is 10.9. The van der Waals surface area contributed by atoms with E-state index in [-0.39, 0.29) is 31.1 Å². The first-order valence-electron chi connectivity index (χ1n) is 36.1. The van der Waals surface area contributed by atoms with Gasteiger partial charge in [0.1, 0.15) is 13.2 Å². The molecule has 81 heavy (non-hydrogen) atoms. The van der Waals surface area contributed by atoms with Gasteiger partial charge in [-0.2, -0.15) is 0 Å². The molecule has 0 aliphatic carbocycles. The van der Waals surface area contributed by atoms with Crippen LogP contribution in [0.5, 0.6) is 0 Å². The highest BCUT2D eigenvalue weighted by Gasteiger charge is 2.19. The van der Waals surface area contributed by atoms with Crippen LogP contribution in [0.15, 0.2) is 48.6 Å². The summed E-state index contributed by atoms with van der Waals surface area (Å²) in [5.41, 5.74) is 0. The minimum absolute atomic E-state index is 0.0736. The summed E-state index contributed by atoms with van der Waals surface area (Å²) >= 11 is 0. The Balaban J connectivity index is 4.28. The summed E-state index contributed by atoms with van der Waals surface area (Å²) in [5.74, 6) is -0.858. The summed E-state index contributed by atoms with van der Waals surface area (Å²) in [4.78, 5) is 38.5. The molecule has 0 amide bonds. The van der Waals surface area contributed by atoms with Gasteiger partial charge in [0.25, 0.3) is 0 Å². The van der Waals surface area contributed by atoms with Crippen molar-refractivity contribution < 1.29 is 28.6 Å². The molecule has 0 N–H and O–H groups in total. The number of carbonyl (C=O) groups is 3. The van der Waals surface area contributed by atoms with Gasteiger partial charge in [-0.05, 0) is 83.5 Å². The smallest absolute Gasteiger partial charge is 0.306 e. The molecule has 0 aliphatic heterocycles. The van der Waals surface area contributed by atoms with Gasteiger partial charge in [-0.15, -0.1) is 0 Å². The first kappa shape index (κ1) is 78.4. The van der Waals surface area contributed by atoms with E-state index in [4.69, 9.17) is 14.2 Å². The van der Waals surface area contributed by atoms with E-state index in [0.717, 1.165) is 77.0 Å². The maximum absolute atomic E-state index is 13.0. The molecule has 0 fully saturated rings. The van der Waals surface area contributed by atoms with E-state index in [9.17, 15) is 14.4 Å². The predicted molar refractivity (Wildman–Crippen MR) is 353 cm³/mol. The lowest BCUT2D eigenvalue weighted by Gasteiger charge is -2.18. The predicted octanol–water partition coefficient (Wildman–Crippen LogP) is 24.9. The fraction of sp³-hybridized carbons (Fsp3) is 0.853. The summed E-state index contributed by atoms with van der Waals surface area (Å²) in [6.07, 6.45) is 88.5. The fourth-order valence-electron chi connectivity index (χ4n) is 10.9. The van der Waals surface area contributed by atoms with E-state index >= 15 is 0 Å². The Kier molecular flexibility index (Phi) is 67.6. The van der Waals surface area contributed by atoms with E-state index in [0.29, 0.717) is 19.3 Å². The summed E-state index contributed by atoms with van der Waals surface area (Å²) in [6, 6.07) is 0. The molecule has 0 aromatic rings. The third-order valence-electron chi connectivity index (χ3n) is 16.3. The minimum Gasteiger partial charge on any atom is -0.462 e. The summed E-state index contributed by atoms with van der Waals surface area (Å²) in [5, 5.41) is 0. The molecule has 0 rings (SSSR count). The Bertz CT molecular complexity index is 1400. The molecular formula is C75H138O6. The highest BCUT2D eigenvalue weighted by molar-refractivity contribution is 5.71. The zero-order valence-electron chi connectivity index (χ0n) is 54.6. The number of carbonyl (C=O) groups excluding carboxylic acids is 3. The van der Waals surface area contributed by atoms with E-state index in [1.807, 2.05) is 0 Å². The van der Waals surface area contributed by atoms with Gasteiger partial charge in [0.2, 0.25) is 0 Å². The van der Waals surface area contributed by atoms with Gasteiger partial charge in [-0.25, -0.2) is 0 Å². The molecule has 6 nitrogen and oxygen atoms in total. The van der Waals surface area contributed by atoms with Gasteiger partial charge in [0.05, 0.1) is 0 Å². The summed E-state index contributed by atoms with van der Waals surface area (Å²) in [7, 11) is 0. The van der Waals surface area contributed by atoms with Crippen LogP contribution in [-0.2, 0) is 28.6 Å². The molecule has 0 bridgehead atoms. The van der Waals surface area contributed by atoms with Crippen LogP contribution in [0.25, 0.3) is 0 Å². The van der Waals surface area contributed by atoms with Crippen molar-refractivity contribution in [3.05, 3.63) is 48.6 Å². The molecule has 0 aromatic carbocycles. The number of allylic oxidation sites excluding steroid dienone is 8. The largest absolute Gasteiger partial charge is 0.462 e. The molecule has 0 saturated carbocycles. The topological polar surface area (TPSA) is 78.9 Å². The standard InChI is InChI=1S/C75H138O6/c1-4-7-10-13-16-19-22-25-28-31-33-34-35-36-37-38-39-40-42-44-47-50-53-56-59-62-65-68-74(77)80-71-72(70-79-73(76)67-64-61-58-55-52-49-46-43-30-27-24-21-18-15-12-9-6-3)81-75(78)69-66-63-60-57-54-51-48-45-41-32-29-26-23-20-17-14-11-8-5-2/h17,20,26,29,31,33,41,45,72H,4-16,18-19,21-25,27-28,30,32,34-40,42-44,46-71H2,1-3H3/b20-17-,29-26-,33-31-,45-41-. The highest BCUT2D eigenvalue weighted by atomic mass is 16.6. The van der Waals surface area contributed by atoms with Crippen molar-refractivity contribution in [1.82, 2.24) is 0 Å². The number of ether oxygens (including phenoxy) is 3. The van der Waals surface area contributed by atoms with Crippen LogP contribution >= 0.6 is 0 Å². The van der Waals surface area contributed by atoms with Crippen LogP contribution in [0.2, 0.25) is 0 Å². The van der Waals surface area contributed by atoms with Crippen LogP contribution in [0, 0.1) is 0 Å². The second kappa shape index (κ2) is 69.9. The van der Waals surface area contributed by atoms with E-state index in [1.54, 1.807) is 0 Å². The third-order valence-corrected chi connectivity index (χ3v) is 16.3. The lowest BCUT2D eigenvalue weighted by molar-refractivity contribution is -0.167. The molecule has 0 aliphatic rings. The van der Waals surface area contributed by atoms with Gasteiger partial charge >= 0.3 is 17.9 Å². The number of hydrogen-bond donors (Lipinski definition) is 0. The third kappa shape index (κ3) is 68.0. The highest BCUT2D eigenvalue weighted by Crippen LogP contribution is 2.18. The Morgan fingerprint density at radius 2 is 0.444 bits per heavy atom. The first-order chi connectivity index (χ1) is 40.0. The van der Waals surface area contributed by atoms with Crippen LogP contribution in [0.4, 0.5) is 0 Å². The van der Waals surface area contributed by atoms with Crippen molar-refractivity contribution in [1.29, 1.82) is 0 Å². The molecule has 0 spiro atoms. The van der Waals surface area contributed by atoms with Gasteiger partial charge in [0, 0.05) is 19.3 Å². The van der Waals surface area contributed by atoms with Crippen molar-refractivity contribution in [2.75, 3.05) is 13.2 Å². The average molecular weight is 1140 g/mol. The molecule has 474 valence electrons. The summed E-state index contributed by atoms with van der Waals surface area (Å²) in [6.45, 7) is 6.68. The number of rotatable bonds is 67. The lowest BCUT2D eigenvalue weighted by Crippen LogP contribution is -2.30. The number of esters is 3. The second-order valence-electron chi connectivity index (χ2n) is 24.5. The first-order valence-corrected chi connectivity index (χ1v) is 36.1. The van der Waals surface area contributed by atoms with Crippen LogP contribution < -0.4 is 0 Å². The maximum Gasteiger partial charge on any atom is 0.306 e. The Morgan fingerprint density at radius 3 is 0.728 bits per heavy atom. The Morgan fingerprint density at radius 1 is 0.247 bits per heavy atom. The minimum atomic E-state index is -0.779. The molecule has 0 aromatic heterocycles. The normalized spacial score (nSPS) is 12.3. The molecule has 0 heterocycles. The van der Waals surface area contributed by atoms with Crippen molar-refractivity contribution in [3.63, 3.8) is 0 Å². The van der Waals surface area contributed by atoms with Gasteiger partial charge in [-0.1, -0.05) is 339 Å². The van der Waals surface area contributed by atoms with Gasteiger partial charge in [0.15, 0.2) is 6.10 Å². The van der Waals surface area contributed by atoms with E-state index in [1.165, 1.54) is 276 Å². The Labute approximate surface area is 505 Å². The van der Waals surface area contributed by atoms with Crippen LogP contribution in [0.1, 0.15) is 393 Å². The lowest BCUT2D eigenvalue weighted by atomic mass is 10.0. The average Bonchev–Trinajstić information content (AvgIpc) is 3.47. The molecule has 0 radical (unpaired) electrons. The SMILES string of the molecule is CCCCC/C=C\C/C=C\C/C=C\CCCCCCCCC(=O)OC(COC(=O)CCCCCCCCCCCCCCCCC/C=C\CCCCCCCCCC)COC(=O)CCCCCCCCCCCCCCCCCCC. The number of hydrogen-bond acceptors (Lipinski definition) is 6. The van der Waals surface area contributed by atoms with Crippen molar-refractivity contribution >= 4 is 17.9 Å². The molecule has 6 heteroatoms. The van der Waals surface area contributed by atoms with Crippen molar-refractivity contribution in [2.24, 2.45) is 0 Å². The van der Waals surface area contributed by atoms with Crippen molar-refractivity contribution in [2.45, 2.75) is 399 Å². The second-order valence-corrected chi connectivity index (χ2v) is 24.5. The van der Waals surface area contributed by atoms with Gasteiger partial charge < -0.3 is 14.2 Å². The summed E-state index contributed by atoms with van der Waals surface area (Å²) < 4.78 is 17.0. The number of unbranched alkanes of at least 4 members (excludes halogenated alkanes) is 48. The van der Waals surface area contributed by atoms with E-state index in [2.05, 4.69) is 69.4 Å². The van der Waals surface area contributed by atoms with Crippen molar-refractivity contribution in [3.8, 4) is 0 Å². The molecule has 1 atom stereocenters. The maximum atomic E-state index is 13.0. The molecular weight excluding hydrogens is 997 g/mol. The zero-order valence-corrected chi connectivity index (χ0v) is 54.6. The molecule has 1 unspecified atom stereocenters. The van der Waals surface area contributed by atoms with Crippen LogP contribution in [0.3, 0.4) is 0 Å². The molecule has 0 saturated heterocycles. The Hall–Kier alpha value is -2.63. The van der Waals surface area contributed by atoms with Crippen LogP contribution in [-0.4, -0.2) is 37.2 Å². The quantitative estimate of drug-likeness (QED) is 0.0261. The van der Waals surface area contributed by atoms with E-state index < -0.39 is 6.10 Å². The van der Waals surface area contributed by atoms with Gasteiger partial charge in [-0.3, -0.25) is 14.4 Å².